The summed E-state index contributed by atoms with van der Waals surface area (Å²) in [5.74, 6) is -0.398. The fourth-order valence-corrected chi connectivity index (χ4v) is 4.23. The zero-order chi connectivity index (χ0) is 27.2. The standard InChI is InChI=1S/C28H29ClFN7/c1-16(28(2,3)4)33-25-18(13-31)14-32-27-22(25)11-20(12-23(27)29)34-26(17-5-7-19(30)8-6-17)24-15-37(36-35-24)21-9-10-21/h5-8,11-12,14-16,21,26,34H,9-10H2,1-4H3,(H,32,33)/t16-,26-/m0/s1/i26D. The van der Waals surface area contributed by atoms with E-state index in [0.29, 0.717) is 44.1 Å². The fourth-order valence-electron chi connectivity index (χ4n) is 3.96. The maximum Gasteiger partial charge on any atom is 0.123 e. The first kappa shape index (κ1) is 23.7. The molecule has 190 valence electrons. The van der Waals surface area contributed by atoms with E-state index in [4.69, 9.17) is 11.6 Å². The van der Waals surface area contributed by atoms with Crippen molar-refractivity contribution in [2.24, 2.45) is 5.41 Å². The van der Waals surface area contributed by atoms with Crippen molar-refractivity contribution < 1.29 is 5.76 Å². The van der Waals surface area contributed by atoms with E-state index in [1.165, 1.54) is 18.3 Å². The molecule has 0 radical (unpaired) electrons. The summed E-state index contributed by atoms with van der Waals surface area (Å²) >= 11 is 6.70. The Morgan fingerprint density at radius 2 is 1.95 bits per heavy atom. The van der Waals surface area contributed by atoms with E-state index in [-0.39, 0.29) is 17.5 Å². The number of benzene rings is 2. The van der Waals surface area contributed by atoms with Crippen LogP contribution in [0.1, 0.15) is 70.8 Å². The lowest BCUT2D eigenvalue weighted by molar-refractivity contribution is 0.359. The van der Waals surface area contributed by atoms with Crippen LogP contribution in [0.15, 0.2) is 48.8 Å². The highest BCUT2D eigenvalue weighted by atomic mass is 35.5. The Morgan fingerprint density at radius 1 is 1.22 bits per heavy atom. The van der Waals surface area contributed by atoms with Gasteiger partial charge in [-0.05, 0) is 55.0 Å². The zero-order valence-corrected chi connectivity index (χ0v) is 21.9. The number of fused-ring (bicyclic) bond motifs is 1. The summed E-state index contributed by atoms with van der Waals surface area (Å²) in [4.78, 5) is 4.44. The Labute approximate surface area is 222 Å². The molecule has 2 aromatic heterocycles. The average Bonchev–Trinajstić information content (AvgIpc) is 3.59. The lowest BCUT2D eigenvalue weighted by Crippen LogP contribution is -2.31. The summed E-state index contributed by atoms with van der Waals surface area (Å²) in [5.41, 5.74) is 2.86. The van der Waals surface area contributed by atoms with Gasteiger partial charge in [-0.15, -0.1) is 5.10 Å². The van der Waals surface area contributed by atoms with Crippen LogP contribution in [0.5, 0.6) is 0 Å². The van der Waals surface area contributed by atoms with E-state index >= 15 is 0 Å². The second-order valence-electron chi connectivity index (χ2n) is 10.6. The van der Waals surface area contributed by atoms with Gasteiger partial charge in [0.25, 0.3) is 0 Å². The highest BCUT2D eigenvalue weighted by Gasteiger charge is 2.27. The number of pyridine rings is 1. The molecule has 5 rings (SSSR count). The largest absolute Gasteiger partial charge is 0.380 e. The van der Waals surface area contributed by atoms with Gasteiger partial charge in [-0.3, -0.25) is 4.98 Å². The highest BCUT2D eigenvalue weighted by Crippen LogP contribution is 2.38. The number of nitrogens with one attached hydrogen (secondary N) is 2. The number of rotatable bonds is 7. The molecule has 0 bridgehead atoms. The Hall–Kier alpha value is -3.70. The number of hydrogen-bond acceptors (Lipinski definition) is 6. The van der Waals surface area contributed by atoms with Crippen LogP contribution in [0.2, 0.25) is 5.02 Å². The maximum atomic E-state index is 13.8. The van der Waals surface area contributed by atoms with Gasteiger partial charge >= 0.3 is 0 Å². The second kappa shape index (κ2) is 9.64. The molecule has 0 saturated heterocycles. The second-order valence-corrected chi connectivity index (χ2v) is 11.0. The van der Waals surface area contributed by atoms with Gasteiger partial charge in [-0.25, -0.2) is 9.07 Å². The van der Waals surface area contributed by atoms with Gasteiger partial charge in [-0.1, -0.05) is 49.7 Å². The first-order valence-corrected chi connectivity index (χ1v) is 12.6. The predicted molar refractivity (Wildman–Crippen MR) is 144 cm³/mol. The van der Waals surface area contributed by atoms with Crippen LogP contribution < -0.4 is 10.6 Å². The third kappa shape index (κ3) is 5.23. The minimum Gasteiger partial charge on any atom is -0.380 e. The van der Waals surface area contributed by atoms with Crippen LogP contribution in [-0.4, -0.2) is 26.0 Å². The smallest absolute Gasteiger partial charge is 0.123 e. The van der Waals surface area contributed by atoms with E-state index in [0.717, 1.165) is 12.8 Å². The number of nitrogens with zero attached hydrogens (tertiary/aromatic N) is 5. The molecule has 1 fully saturated rings. The zero-order valence-electron chi connectivity index (χ0n) is 22.2. The summed E-state index contributed by atoms with van der Waals surface area (Å²) in [6.07, 6.45) is 5.32. The van der Waals surface area contributed by atoms with E-state index in [1.807, 2.05) is 6.07 Å². The molecule has 2 atom stereocenters. The molecule has 1 aliphatic rings. The van der Waals surface area contributed by atoms with Gasteiger partial charge in [0.15, 0.2) is 0 Å². The van der Waals surface area contributed by atoms with Crippen molar-refractivity contribution in [3.8, 4) is 6.07 Å². The average molecular weight is 519 g/mol. The first-order chi connectivity index (χ1) is 18.0. The Kier molecular flexibility index (Phi) is 6.17. The Morgan fingerprint density at radius 3 is 2.59 bits per heavy atom. The molecule has 2 aromatic carbocycles. The van der Waals surface area contributed by atoms with Crippen molar-refractivity contribution in [2.45, 2.75) is 58.6 Å². The minimum absolute atomic E-state index is 0.0301. The topological polar surface area (TPSA) is 91.5 Å². The Balaban J connectivity index is 1.63. The van der Waals surface area contributed by atoms with Crippen molar-refractivity contribution in [1.29, 1.82) is 5.26 Å². The molecule has 2 heterocycles. The molecule has 0 aliphatic heterocycles. The molecule has 0 spiro atoms. The van der Waals surface area contributed by atoms with Gasteiger partial charge in [0.2, 0.25) is 0 Å². The van der Waals surface area contributed by atoms with E-state index in [1.54, 1.807) is 29.1 Å². The number of nitriles is 1. The molecular formula is C28H29ClFN7. The number of halogens is 2. The Bertz CT molecular complexity index is 1540. The maximum absolute atomic E-state index is 13.8. The van der Waals surface area contributed by atoms with E-state index < -0.39 is 11.8 Å². The normalized spacial score (nSPS) is 16.5. The predicted octanol–water partition coefficient (Wildman–Crippen LogP) is 6.87. The number of aromatic nitrogens is 4. The van der Waals surface area contributed by atoms with Crippen LogP contribution >= 0.6 is 11.6 Å². The van der Waals surface area contributed by atoms with Gasteiger partial charge in [-0.2, -0.15) is 5.26 Å². The van der Waals surface area contributed by atoms with Gasteiger partial charge in [0.1, 0.15) is 17.6 Å². The summed E-state index contributed by atoms with van der Waals surface area (Å²) in [6.45, 7) is 8.41. The van der Waals surface area contributed by atoms with Crippen molar-refractivity contribution >= 4 is 33.9 Å². The van der Waals surface area contributed by atoms with Crippen LogP contribution in [0, 0.1) is 22.6 Å². The fraction of sp³-hybridized carbons (Fsp3) is 0.357. The van der Waals surface area contributed by atoms with Crippen molar-refractivity contribution in [2.75, 3.05) is 10.6 Å². The first-order valence-electron chi connectivity index (χ1n) is 12.7. The highest BCUT2D eigenvalue weighted by molar-refractivity contribution is 6.35. The van der Waals surface area contributed by atoms with Crippen molar-refractivity contribution in [1.82, 2.24) is 20.0 Å². The lowest BCUT2D eigenvalue weighted by atomic mass is 9.87. The van der Waals surface area contributed by atoms with Crippen LogP contribution in [-0.2, 0) is 0 Å². The summed E-state index contributed by atoms with van der Waals surface area (Å²) in [7, 11) is 0. The molecule has 0 amide bonds. The quantitative estimate of drug-likeness (QED) is 0.277. The van der Waals surface area contributed by atoms with Crippen molar-refractivity contribution in [3.63, 3.8) is 0 Å². The molecule has 7 nitrogen and oxygen atoms in total. The lowest BCUT2D eigenvalue weighted by Gasteiger charge is -2.30. The van der Waals surface area contributed by atoms with Gasteiger partial charge < -0.3 is 10.6 Å². The van der Waals surface area contributed by atoms with Gasteiger partial charge in [0, 0.05) is 23.3 Å². The number of anilines is 2. The SMILES string of the molecule is [2H][C@](Nc1cc(Cl)c2ncc(C#N)c(N[C@@H](C)C(C)(C)C)c2c1)(c1ccc(F)cc1)c1cn(C2CC2)nn1. The molecule has 4 aromatic rings. The minimum atomic E-state index is -1.59. The molecule has 2 N–H and O–H groups in total. The molecule has 1 saturated carbocycles. The van der Waals surface area contributed by atoms with Crippen LogP contribution in [0.3, 0.4) is 0 Å². The summed E-state index contributed by atoms with van der Waals surface area (Å²) in [5, 5.41) is 26.2. The molecular weight excluding hydrogens is 489 g/mol. The van der Waals surface area contributed by atoms with E-state index in [9.17, 15) is 11.0 Å². The van der Waals surface area contributed by atoms with Crippen LogP contribution in [0.4, 0.5) is 15.8 Å². The third-order valence-corrected chi connectivity index (χ3v) is 7.08. The van der Waals surface area contributed by atoms with Crippen molar-refractivity contribution in [3.05, 3.63) is 76.5 Å². The molecule has 9 heteroatoms. The van der Waals surface area contributed by atoms with E-state index in [2.05, 4.69) is 59.7 Å². The summed E-state index contributed by atoms with van der Waals surface area (Å²) < 4.78 is 25.1. The third-order valence-electron chi connectivity index (χ3n) is 6.79. The number of hydrogen-bond donors (Lipinski definition) is 2. The molecule has 0 unspecified atom stereocenters. The monoisotopic (exact) mass is 518 g/mol. The van der Waals surface area contributed by atoms with Gasteiger partial charge in [0.05, 0.1) is 41.4 Å². The molecule has 37 heavy (non-hydrogen) atoms. The molecule has 1 aliphatic carbocycles. The van der Waals surface area contributed by atoms with Crippen LogP contribution in [0.25, 0.3) is 10.9 Å². The summed E-state index contributed by atoms with van der Waals surface area (Å²) in [6, 6.07) is 10.2.